The molecule has 0 saturated carbocycles. The van der Waals surface area contributed by atoms with E-state index in [-0.39, 0.29) is 0 Å². The molecule has 0 amide bonds. The van der Waals surface area contributed by atoms with Crippen LogP contribution < -0.4 is 0 Å². The van der Waals surface area contributed by atoms with E-state index >= 15 is 0 Å². The average molecular weight is 258 g/mol. The van der Waals surface area contributed by atoms with Gasteiger partial charge in [-0.1, -0.05) is 18.5 Å². The number of benzene rings is 1. The average Bonchev–Trinajstić information content (AvgIpc) is 2.85. The molecular weight excluding hydrogens is 246 g/mol. The molecule has 3 aromatic rings. The van der Waals surface area contributed by atoms with E-state index < -0.39 is 0 Å². The van der Waals surface area contributed by atoms with E-state index in [0.717, 1.165) is 28.8 Å². The van der Waals surface area contributed by atoms with Gasteiger partial charge in [0.1, 0.15) is 5.82 Å². The Labute approximate surface area is 110 Å². The van der Waals surface area contributed by atoms with Crippen LogP contribution in [0.1, 0.15) is 12.7 Å². The summed E-state index contributed by atoms with van der Waals surface area (Å²) < 4.78 is 2.10. The van der Waals surface area contributed by atoms with Crippen LogP contribution in [-0.2, 0) is 6.42 Å². The molecule has 90 valence electrons. The van der Waals surface area contributed by atoms with Crippen molar-refractivity contribution in [2.45, 2.75) is 13.3 Å². The first-order valence-electron chi connectivity index (χ1n) is 5.86. The summed E-state index contributed by atoms with van der Waals surface area (Å²) in [5.74, 6) is 1.04. The Morgan fingerprint density at radius 1 is 1.17 bits per heavy atom. The number of halogens is 1. The standard InChI is InChI=1S/C14H12ClN3/c1-2-14-17-7-8-18(14)13-5-6-16-12-9-10(15)3-4-11(12)13/h3-9H,2H2,1H3. The first-order valence-corrected chi connectivity index (χ1v) is 6.24. The highest BCUT2D eigenvalue weighted by atomic mass is 35.5. The number of fused-ring (bicyclic) bond motifs is 1. The molecule has 0 bridgehead atoms. The highest BCUT2D eigenvalue weighted by Crippen LogP contribution is 2.24. The van der Waals surface area contributed by atoms with Crippen LogP contribution in [0.4, 0.5) is 0 Å². The molecule has 3 nitrogen and oxygen atoms in total. The largest absolute Gasteiger partial charge is 0.303 e. The highest BCUT2D eigenvalue weighted by molar-refractivity contribution is 6.31. The predicted octanol–water partition coefficient (Wildman–Crippen LogP) is 3.64. The Kier molecular flexibility index (Phi) is 2.76. The van der Waals surface area contributed by atoms with E-state index in [4.69, 9.17) is 11.6 Å². The SMILES string of the molecule is CCc1nccn1-c1ccnc2cc(Cl)ccc12. The summed E-state index contributed by atoms with van der Waals surface area (Å²) >= 11 is 6.00. The summed E-state index contributed by atoms with van der Waals surface area (Å²) in [7, 11) is 0. The van der Waals surface area contributed by atoms with Gasteiger partial charge in [-0.15, -0.1) is 0 Å². The predicted molar refractivity (Wildman–Crippen MR) is 73.3 cm³/mol. The number of rotatable bonds is 2. The fraction of sp³-hybridized carbons (Fsp3) is 0.143. The number of nitrogens with zero attached hydrogens (tertiary/aromatic N) is 3. The maximum Gasteiger partial charge on any atom is 0.112 e. The van der Waals surface area contributed by atoms with Crippen LogP contribution in [0, 0.1) is 0 Å². The van der Waals surface area contributed by atoms with Crippen molar-refractivity contribution in [2.75, 3.05) is 0 Å². The van der Waals surface area contributed by atoms with Gasteiger partial charge in [0.25, 0.3) is 0 Å². The van der Waals surface area contributed by atoms with Crippen LogP contribution in [0.3, 0.4) is 0 Å². The van der Waals surface area contributed by atoms with Gasteiger partial charge >= 0.3 is 0 Å². The van der Waals surface area contributed by atoms with E-state index in [1.165, 1.54) is 0 Å². The van der Waals surface area contributed by atoms with Crippen LogP contribution in [0.15, 0.2) is 42.9 Å². The maximum absolute atomic E-state index is 6.00. The zero-order valence-corrected chi connectivity index (χ0v) is 10.7. The number of aryl methyl sites for hydroxylation is 1. The van der Waals surface area contributed by atoms with E-state index in [0.29, 0.717) is 5.02 Å². The van der Waals surface area contributed by atoms with Crippen LogP contribution >= 0.6 is 11.6 Å². The summed E-state index contributed by atoms with van der Waals surface area (Å²) in [5, 5.41) is 1.78. The van der Waals surface area contributed by atoms with Gasteiger partial charge < -0.3 is 4.57 Å². The smallest absolute Gasteiger partial charge is 0.112 e. The summed E-state index contributed by atoms with van der Waals surface area (Å²) in [6.07, 6.45) is 6.49. The maximum atomic E-state index is 6.00. The van der Waals surface area contributed by atoms with Gasteiger partial charge in [-0.05, 0) is 24.3 Å². The summed E-state index contributed by atoms with van der Waals surface area (Å²) in [5.41, 5.74) is 1.99. The van der Waals surface area contributed by atoms with Crippen molar-refractivity contribution in [1.82, 2.24) is 14.5 Å². The van der Waals surface area contributed by atoms with Crippen molar-refractivity contribution in [1.29, 1.82) is 0 Å². The van der Waals surface area contributed by atoms with E-state index in [2.05, 4.69) is 21.5 Å². The molecule has 0 saturated heterocycles. The summed E-state index contributed by atoms with van der Waals surface area (Å²) in [6, 6.07) is 7.76. The minimum Gasteiger partial charge on any atom is -0.303 e. The third kappa shape index (κ3) is 1.77. The van der Waals surface area contributed by atoms with Gasteiger partial charge in [-0.2, -0.15) is 0 Å². The monoisotopic (exact) mass is 257 g/mol. The van der Waals surface area contributed by atoms with Gasteiger partial charge in [0.05, 0.1) is 11.2 Å². The molecule has 0 aliphatic carbocycles. The fourth-order valence-corrected chi connectivity index (χ4v) is 2.30. The topological polar surface area (TPSA) is 30.7 Å². The lowest BCUT2D eigenvalue weighted by molar-refractivity contribution is 0.895. The van der Waals surface area contributed by atoms with Crippen molar-refractivity contribution in [3.8, 4) is 5.69 Å². The van der Waals surface area contributed by atoms with Gasteiger partial charge in [0.15, 0.2) is 0 Å². The lowest BCUT2D eigenvalue weighted by Crippen LogP contribution is -2.00. The third-order valence-corrected chi connectivity index (χ3v) is 3.21. The van der Waals surface area contributed by atoms with Crippen molar-refractivity contribution >= 4 is 22.5 Å². The molecule has 4 heteroatoms. The number of aromatic nitrogens is 3. The molecule has 0 unspecified atom stereocenters. The molecule has 0 N–H and O–H groups in total. The molecule has 2 aromatic heterocycles. The van der Waals surface area contributed by atoms with Crippen molar-refractivity contribution in [3.63, 3.8) is 0 Å². The number of hydrogen-bond acceptors (Lipinski definition) is 2. The third-order valence-electron chi connectivity index (χ3n) is 2.97. The van der Waals surface area contributed by atoms with Crippen LogP contribution in [0.2, 0.25) is 5.02 Å². The second-order valence-electron chi connectivity index (χ2n) is 4.06. The summed E-state index contributed by atoms with van der Waals surface area (Å²) in [4.78, 5) is 8.70. The second kappa shape index (κ2) is 4.42. The molecule has 0 spiro atoms. The zero-order chi connectivity index (χ0) is 12.5. The lowest BCUT2D eigenvalue weighted by atomic mass is 10.2. The van der Waals surface area contributed by atoms with Gasteiger partial charge in [-0.3, -0.25) is 4.98 Å². The Bertz CT molecular complexity index is 703. The zero-order valence-electron chi connectivity index (χ0n) is 9.97. The van der Waals surface area contributed by atoms with Crippen molar-refractivity contribution in [2.24, 2.45) is 0 Å². The highest BCUT2D eigenvalue weighted by Gasteiger charge is 2.07. The number of hydrogen-bond donors (Lipinski definition) is 0. The molecule has 3 rings (SSSR count). The van der Waals surface area contributed by atoms with E-state index in [1.54, 1.807) is 6.20 Å². The molecule has 0 fully saturated rings. The Hall–Kier alpha value is -1.87. The summed E-state index contributed by atoms with van der Waals surface area (Å²) in [6.45, 7) is 2.10. The molecular formula is C14H12ClN3. The molecule has 0 radical (unpaired) electrons. The molecule has 1 aromatic carbocycles. The van der Waals surface area contributed by atoms with Crippen LogP contribution in [0.5, 0.6) is 0 Å². The van der Waals surface area contributed by atoms with Crippen LogP contribution in [0.25, 0.3) is 16.6 Å². The number of imidazole rings is 1. The van der Waals surface area contributed by atoms with Crippen molar-refractivity contribution < 1.29 is 0 Å². The minimum atomic E-state index is 0.702. The first kappa shape index (κ1) is 11.2. The second-order valence-corrected chi connectivity index (χ2v) is 4.50. The fourth-order valence-electron chi connectivity index (χ4n) is 2.13. The van der Waals surface area contributed by atoms with E-state index in [1.807, 2.05) is 36.7 Å². The Morgan fingerprint density at radius 3 is 2.89 bits per heavy atom. The Morgan fingerprint density at radius 2 is 2.06 bits per heavy atom. The molecule has 0 aliphatic heterocycles. The Balaban J connectivity index is 2.29. The first-order chi connectivity index (χ1) is 8.79. The lowest BCUT2D eigenvalue weighted by Gasteiger charge is -2.09. The van der Waals surface area contributed by atoms with E-state index in [9.17, 15) is 0 Å². The molecule has 2 heterocycles. The molecule has 0 atom stereocenters. The van der Waals surface area contributed by atoms with Gasteiger partial charge in [0.2, 0.25) is 0 Å². The minimum absolute atomic E-state index is 0.702. The normalized spacial score (nSPS) is 11.0. The molecule has 18 heavy (non-hydrogen) atoms. The quantitative estimate of drug-likeness (QED) is 0.702. The molecule has 0 aliphatic rings. The van der Waals surface area contributed by atoms with Gasteiger partial charge in [0, 0.05) is 35.4 Å². The van der Waals surface area contributed by atoms with Crippen LogP contribution in [-0.4, -0.2) is 14.5 Å². The number of pyridine rings is 1. The van der Waals surface area contributed by atoms with Crippen molar-refractivity contribution in [3.05, 3.63) is 53.7 Å². The van der Waals surface area contributed by atoms with Gasteiger partial charge in [-0.25, -0.2) is 4.98 Å².